The Kier molecular flexibility index (Phi) is 5.47. The second kappa shape index (κ2) is 8.67. The number of rotatable bonds is 3. The highest BCUT2D eigenvalue weighted by Gasteiger charge is 2.44. The van der Waals surface area contributed by atoms with Crippen LogP contribution in [0.5, 0.6) is 0 Å². The first-order valence-electron chi connectivity index (χ1n) is 12.0. The van der Waals surface area contributed by atoms with E-state index in [0.717, 1.165) is 36.4 Å². The topological polar surface area (TPSA) is 41.4 Å². The fraction of sp³-hybridized carbons (Fsp3) is 0.241. The number of hydrogen-bond acceptors (Lipinski definition) is 3. The third-order valence-corrected chi connectivity index (χ3v) is 7.51. The molecule has 0 radical (unpaired) electrons. The normalized spacial score (nSPS) is 19.5. The van der Waals surface area contributed by atoms with Gasteiger partial charge in [0.05, 0.1) is 11.3 Å². The van der Waals surface area contributed by atoms with Gasteiger partial charge in [-0.3, -0.25) is 4.79 Å². The van der Waals surface area contributed by atoms with Crippen LogP contribution in [0, 0.1) is 6.92 Å². The molecule has 0 spiro atoms. The first-order chi connectivity index (χ1) is 17.0. The quantitative estimate of drug-likeness (QED) is 0.362. The van der Waals surface area contributed by atoms with E-state index in [1.165, 1.54) is 11.1 Å². The van der Waals surface area contributed by atoms with Crippen molar-refractivity contribution in [3.63, 3.8) is 0 Å². The highest BCUT2D eigenvalue weighted by atomic mass is 35.5. The van der Waals surface area contributed by atoms with E-state index in [1.807, 2.05) is 65.7 Å². The highest BCUT2D eigenvalue weighted by molar-refractivity contribution is 6.30. The maximum absolute atomic E-state index is 14.4. The SMILES string of the molecule is Cc1ccc2c(c1)[C@H]1CN(C)CC[C@H]1N2C(=O)c1cn(-c2ccccc2)nc1-c1ccc(Cl)cc1. The van der Waals surface area contributed by atoms with Crippen LogP contribution in [0.25, 0.3) is 16.9 Å². The van der Waals surface area contributed by atoms with Crippen LogP contribution >= 0.6 is 11.6 Å². The number of hydrogen-bond donors (Lipinski definition) is 0. The number of carbonyl (C=O) groups excluding carboxylic acids is 1. The number of piperidine rings is 1. The average molecular weight is 483 g/mol. The van der Waals surface area contributed by atoms with Crippen molar-refractivity contribution < 1.29 is 4.79 Å². The summed E-state index contributed by atoms with van der Waals surface area (Å²) in [5.74, 6) is 0.315. The van der Waals surface area contributed by atoms with Crippen molar-refractivity contribution in [1.29, 1.82) is 0 Å². The predicted molar refractivity (Wildman–Crippen MR) is 141 cm³/mol. The van der Waals surface area contributed by atoms with Crippen LogP contribution in [-0.2, 0) is 0 Å². The van der Waals surface area contributed by atoms with E-state index < -0.39 is 0 Å². The summed E-state index contributed by atoms with van der Waals surface area (Å²) in [7, 11) is 2.17. The van der Waals surface area contributed by atoms with Crippen LogP contribution in [0.2, 0.25) is 5.02 Å². The van der Waals surface area contributed by atoms with E-state index in [0.29, 0.717) is 22.2 Å². The summed E-state index contributed by atoms with van der Waals surface area (Å²) >= 11 is 6.16. The standard InChI is InChI=1S/C29H27ClN4O/c1-19-8-13-26-23(16-19)24-17-32(2)15-14-27(24)34(26)29(35)25-18-33(22-6-4-3-5-7-22)31-28(25)20-9-11-21(30)12-10-20/h3-13,16,18,24,27H,14-15,17H2,1-2H3/t24-,27-/m1/s1. The molecule has 6 rings (SSSR count). The Labute approximate surface area is 210 Å². The van der Waals surface area contributed by atoms with E-state index in [9.17, 15) is 4.79 Å². The number of para-hydroxylation sites is 1. The molecule has 4 aromatic rings. The van der Waals surface area contributed by atoms with Crippen LogP contribution < -0.4 is 4.90 Å². The van der Waals surface area contributed by atoms with Crippen molar-refractivity contribution >= 4 is 23.2 Å². The predicted octanol–water partition coefficient (Wildman–Crippen LogP) is 5.95. The molecule has 0 unspecified atom stereocenters. The van der Waals surface area contributed by atoms with Crippen LogP contribution in [0.4, 0.5) is 5.69 Å². The van der Waals surface area contributed by atoms with Gasteiger partial charge >= 0.3 is 0 Å². The average Bonchev–Trinajstić information content (AvgIpc) is 3.44. The lowest BCUT2D eigenvalue weighted by Gasteiger charge is -2.36. The summed E-state index contributed by atoms with van der Waals surface area (Å²) in [6, 6.07) is 24.1. The van der Waals surface area contributed by atoms with E-state index in [-0.39, 0.29) is 11.9 Å². The highest BCUT2D eigenvalue weighted by Crippen LogP contribution is 2.46. The number of nitrogens with zero attached hydrogens (tertiary/aromatic N) is 4. The molecule has 6 heteroatoms. The first-order valence-corrected chi connectivity index (χ1v) is 12.4. The lowest BCUT2D eigenvalue weighted by molar-refractivity contribution is 0.0965. The molecular formula is C29H27ClN4O. The van der Waals surface area contributed by atoms with Crippen molar-refractivity contribution in [3.8, 4) is 16.9 Å². The molecule has 0 N–H and O–H groups in total. The van der Waals surface area contributed by atoms with Crippen molar-refractivity contribution in [3.05, 3.63) is 101 Å². The maximum Gasteiger partial charge on any atom is 0.262 e. The Morgan fingerprint density at radius 3 is 2.57 bits per heavy atom. The molecule has 1 amide bonds. The molecule has 2 aliphatic heterocycles. The van der Waals surface area contributed by atoms with Gasteiger partial charge in [0.25, 0.3) is 5.91 Å². The molecule has 5 nitrogen and oxygen atoms in total. The summed E-state index contributed by atoms with van der Waals surface area (Å²) in [5.41, 5.74) is 6.58. The Bertz CT molecular complexity index is 1400. The Morgan fingerprint density at radius 1 is 1.03 bits per heavy atom. The molecule has 176 valence electrons. The molecule has 35 heavy (non-hydrogen) atoms. The number of aromatic nitrogens is 2. The second-order valence-electron chi connectivity index (χ2n) is 9.64. The first kappa shape index (κ1) is 22.1. The molecule has 0 saturated carbocycles. The molecule has 2 atom stereocenters. The van der Waals surface area contributed by atoms with Gasteiger partial charge in [-0.25, -0.2) is 4.68 Å². The third kappa shape index (κ3) is 3.85. The van der Waals surface area contributed by atoms with Gasteiger partial charge < -0.3 is 9.80 Å². The van der Waals surface area contributed by atoms with Gasteiger partial charge in [0, 0.05) is 41.0 Å². The van der Waals surface area contributed by atoms with E-state index in [1.54, 1.807) is 4.68 Å². The lowest BCUT2D eigenvalue weighted by atomic mass is 9.88. The molecule has 3 aromatic carbocycles. The minimum absolute atomic E-state index is 0.000660. The van der Waals surface area contributed by atoms with Gasteiger partial charge in [0.15, 0.2) is 0 Å². The number of fused-ring (bicyclic) bond motifs is 3. The van der Waals surface area contributed by atoms with Gasteiger partial charge in [-0.1, -0.05) is 59.6 Å². The summed E-state index contributed by atoms with van der Waals surface area (Å²) in [6.07, 6.45) is 2.82. The van der Waals surface area contributed by atoms with Crippen molar-refractivity contribution in [2.24, 2.45) is 0 Å². The summed E-state index contributed by atoms with van der Waals surface area (Å²) in [5, 5.41) is 5.53. The smallest absolute Gasteiger partial charge is 0.262 e. The van der Waals surface area contributed by atoms with Gasteiger partial charge in [-0.2, -0.15) is 5.10 Å². The molecule has 1 saturated heterocycles. The van der Waals surface area contributed by atoms with Crippen LogP contribution in [-0.4, -0.2) is 46.8 Å². The number of anilines is 1. The molecular weight excluding hydrogens is 456 g/mol. The minimum Gasteiger partial charge on any atom is -0.306 e. The Hall–Kier alpha value is -3.41. The number of likely N-dealkylation sites (tertiary alicyclic amines) is 1. The Morgan fingerprint density at radius 2 is 1.80 bits per heavy atom. The van der Waals surface area contributed by atoms with E-state index in [4.69, 9.17) is 16.7 Å². The fourth-order valence-corrected chi connectivity index (χ4v) is 5.67. The third-order valence-electron chi connectivity index (χ3n) is 7.25. The summed E-state index contributed by atoms with van der Waals surface area (Å²) < 4.78 is 1.80. The van der Waals surface area contributed by atoms with Crippen LogP contribution in [0.15, 0.2) is 79.0 Å². The van der Waals surface area contributed by atoms with Crippen molar-refractivity contribution in [1.82, 2.24) is 14.7 Å². The van der Waals surface area contributed by atoms with Gasteiger partial charge in [-0.05, 0) is 62.8 Å². The molecule has 0 bridgehead atoms. The number of aryl methyl sites for hydroxylation is 1. The van der Waals surface area contributed by atoms with Crippen molar-refractivity contribution in [2.75, 3.05) is 25.0 Å². The number of amides is 1. The number of likely N-dealkylation sites (N-methyl/N-ethyl adjacent to an activating group) is 1. The monoisotopic (exact) mass is 482 g/mol. The maximum atomic E-state index is 14.4. The zero-order chi connectivity index (χ0) is 24.1. The van der Waals surface area contributed by atoms with Gasteiger partial charge in [-0.15, -0.1) is 0 Å². The molecule has 1 fully saturated rings. The number of benzene rings is 3. The number of carbonyl (C=O) groups is 1. The van der Waals surface area contributed by atoms with E-state index in [2.05, 4.69) is 37.1 Å². The van der Waals surface area contributed by atoms with Gasteiger partial charge in [0.1, 0.15) is 5.69 Å². The molecule has 1 aromatic heterocycles. The summed E-state index contributed by atoms with van der Waals surface area (Å²) in [6.45, 7) is 4.05. The molecule has 3 heterocycles. The Balaban J connectivity index is 1.48. The fourth-order valence-electron chi connectivity index (χ4n) is 5.54. The molecule has 2 aliphatic rings. The summed E-state index contributed by atoms with van der Waals surface area (Å²) in [4.78, 5) is 18.8. The van der Waals surface area contributed by atoms with Crippen LogP contribution in [0.1, 0.15) is 33.8 Å². The lowest BCUT2D eigenvalue weighted by Crippen LogP contribution is -2.47. The minimum atomic E-state index is -0.000660. The zero-order valence-electron chi connectivity index (χ0n) is 19.9. The molecule has 0 aliphatic carbocycles. The van der Waals surface area contributed by atoms with Crippen molar-refractivity contribution in [2.45, 2.75) is 25.3 Å². The van der Waals surface area contributed by atoms with Gasteiger partial charge in [0.2, 0.25) is 0 Å². The number of halogens is 1. The van der Waals surface area contributed by atoms with E-state index >= 15 is 0 Å². The largest absolute Gasteiger partial charge is 0.306 e. The van der Waals surface area contributed by atoms with Crippen LogP contribution in [0.3, 0.4) is 0 Å². The zero-order valence-corrected chi connectivity index (χ0v) is 20.6. The second-order valence-corrected chi connectivity index (χ2v) is 10.1.